The molecule has 0 aliphatic heterocycles. The van der Waals surface area contributed by atoms with Crippen molar-refractivity contribution < 1.29 is 23.4 Å². The van der Waals surface area contributed by atoms with Crippen molar-refractivity contribution in [1.82, 2.24) is 5.32 Å². The van der Waals surface area contributed by atoms with Gasteiger partial charge in [0.25, 0.3) is 12.3 Å². The summed E-state index contributed by atoms with van der Waals surface area (Å²) in [5.74, 6) is -0.210. The van der Waals surface area contributed by atoms with Crippen LogP contribution in [0.4, 0.5) is 8.78 Å². The summed E-state index contributed by atoms with van der Waals surface area (Å²) in [5, 5.41) is 11.6. The third kappa shape index (κ3) is 5.22. The van der Waals surface area contributed by atoms with E-state index < -0.39 is 31.1 Å². The quantitative estimate of drug-likeness (QED) is 0.807. The van der Waals surface area contributed by atoms with E-state index in [4.69, 9.17) is 21.4 Å². The first-order chi connectivity index (χ1) is 9.31. The lowest BCUT2D eigenvalue weighted by Gasteiger charge is -2.17. The van der Waals surface area contributed by atoms with Crippen LogP contribution in [0.25, 0.3) is 0 Å². The van der Waals surface area contributed by atoms with E-state index >= 15 is 0 Å². The lowest BCUT2D eigenvalue weighted by Crippen LogP contribution is -2.42. The molecule has 1 aromatic rings. The predicted molar refractivity (Wildman–Crippen MR) is 74.3 cm³/mol. The third-order valence-corrected chi connectivity index (χ3v) is 3.20. The molecule has 1 aromatic carbocycles. The Morgan fingerprint density at radius 1 is 1.55 bits per heavy atom. The van der Waals surface area contributed by atoms with Crippen LogP contribution in [-0.2, 0) is 4.79 Å². The Kier molecular flexibility index (Phi) is 6.64. The van der Waals surface area contributed by atoms with Gasteiger partial charge in [-0.1, -0.05) is 11.6 Å². The molecule has 0 radical (unpaired) electrons. The number of rotatable bonds is 6. The van der Waals surface area contributed by atoms with Crippen LogP contribution in [0.3, 0.4) is 0 Å². The molecule has 20 heavy (non-hydrogen) atoms. The molecule has 0 aliphatic carbocycles. The van der Waals surface area contributed by atoms with Crippen LogP contribution in [0, 0.1) is 0 Å². The molecule has 0 fully saturated rings. The summed E-state index contributed by atoms with van der Waals surface area (Å²) in [6.45, 7) is 0.928. The normalized spacial score (nSPS) is 13.9. The summed E-state index contributed by atoms with van der Waals surface area (Å²) in [4.78, 5) is 11.6. The molecule has 4 nitrogen and oxygen atoms in total. The van der Waals surface area contributed by atoms with E-state index in [0.717, 1.165) is 0 Å². The van der Waals surface area contributed by atoms with Crippen LogP contribution in [0.1, 0.15) is 6.92 Å². The van der Waals surface area contributed by atoms with E-state index in [9.17, 15) is 13.6 Å². The van der Waals surface area contributed by atoms with Crippen molar-refractivity contribution in [2.24, 2.45) is 0 Å². The number of hydrogen-bond donors (Lipinski definition) is 2. The summed E-state index contributed by atoms with van der Waals surface area (Å²) >= 11 is 8.99. The van der Waals surface area contributed by atoms with Gasteiger partial charge in [-0.25, -0.2) is 8.78 Å². The van der Waals surface area contributed by atoms with E-state index in [2.05, 4.69) is 21.2 Å². The van der Waals surface area contributed by atoms with Crippen LogP contribution in [-0.4, -0.2) is 36.2 Å². The molecular formula is C12H13BrClF2NO3. The van der Waals surface area contributed by atoms with Gasteiger partial charge in [-0.3, -0.25) is 4.79 Å². The second kappa shape index (κ2) is 7.75. The van der Waals surface area contributed by atoms with Gasteiger partial charge >= 0.3 is 0 Å². The molecule has 0 aromatic heterocycles. The highest BCUT2D eigenvalue weighted by atomic mass is 79.9. The Hall–Kier alpha value is -0.920. The molecule has 1 rings (SSSR count). The number of benzene rings is 1. The topological polar surface area (TPSA) is 58.6 Å². The van der Waals surface area contributed by atoms with Gasteiger partial charge in [0.2, 0.25) is 0 Å². The first-order valence-corrected chi connectivity index (χ1v) is 6.84. The summed E-state index contributed by atoms with van der Waals surface area (Å²) < 4.78 is 30.1. The molecule has 1 amide bonds. The molecule has 0 aliphatic rings. The van der Waals surface area contributed by atoms with E-state index in [-0.39, 0.29) is 0 Å². The molecule has 2 N–H and O–H groups in total. The van der Waals surface area contributed by atoms with E-state index in [1.807, 2.05) is 0 Å². The highest BCUT2D eigenvalue weighted by Crippen LogP contribution is 2.28. The molecule has 0 heterocycles. The molecular weight excluding hydrogens is 359 g/mol. The van der Waals surface area contributed by atoms with Crippen molar-refractivity contribution in [1.29, 1.82) is 0 Å². The molecule has 2 unspecified atom stereocenters. The largest absolute Gasteiger partial charge is 0.480 e. The number of carbonyl (C=O) groups excluding carboxylic acids is 1. The van der Waals surface area contributed by atoms with Crippen LogP contribution in [0.15, 0.2) is 22.7 Å². The minimum absolute atomic E-state index is 0.395. The zero-order valence-corrected chi connectivity index (χ0v) is 12.8. The Balaban J connectivity index is 2.53. The lowest BCUT2D eigenvalue weighted by atomic mass is 10.3. The van der Waals surface area contributed by atoms with Crippen molar-refractivity contribution in [3.05, 3.63) is 27.7 Å². The Morgan fingerprint density at radius 2 is 2.20 bits per heavy atom. The van der Waals surface area contributed by atoms with Gasteiger partial charge < -0.3 is 15.2 Å². The third-order valence-electron chi connectivity index (χ3n) is 2.34. The number of aliphatic hydroxyl groups is 1. The summed E-state index contributed by atoms with van der Waals surface area (Å²) in [5.41, 5.74) is 0. The van der Waals surface area contributed by atoms with Gasteiger partial charge in [-0.2, -0.15) is 0 Å². The number of carbonyl (C=O) groups is 1. The molecule has 8 heteroatoms. The highest BCUT2D eigenvalue weighted by molar-refractivity contribution is 9.10. The zero-order chi connectivity index (χ0) is 15.3. The smallest absolute Gasteiger partial charge is 0.265 e. The number of halogens is 4. The monoisotopic (exact) mass is 371 g/mol. The fraction of sp³-hybridized carbons (Fsp3) is 0.417. The van der Waals surface area contributed by atoms with Crippen LogP contribution >= 0.6 is 27.5 Å². The van der Waals surface area contributed by atoms with E-state index in [1.54, 1.807) is 18.2 Å². The first kappa shape index (κ1) is 17.1. The minimum atomic E-state index is -2.91. The number of ether oxygens (including phenoxy) is 1. The molecule has 112 valence electrons. The maximum absolute atomic E-state index is 12.1. The van der Waals surface area contributed by atoms with Crippen LogP contribution in [0.5, 0.6) is 5.75 Å². The van der Waals surface area contributed by atoms with Gasteiger partial charge in [0.05, 0.1) is 4.47 Å². The van der Waals surface area contributed by atoms with Gasteiger partial charge in [0.15, 0.2) is 6.10 Å². The molecule has 0 saturated carbocycles. The fourth-order valence-corrected chi connectivity index (χ4v) is 2.03. The average Bonchev–Trinajstić information content (AvgIpc) is 2.38. The maximum Gasteiger partial charge on any atom is 0.265 e. The molecule has 0 spiro atoms. The summed E-state index contributed by atoms with van der Waals surface area (Å²) in [6, 6.07) is 4.76. The van der Waals surface area contributed by atoms with Gasteiger partial charge in [-0.15, -0.1) is 0 Å². The standard InChI is InChI=1S/C12H13BrClF2NO3/c1-6(12(19)17-5-9(18)11(15)16)20-10-3-2-7(14)4-8(10)13/h2-4,6,9,11,18H,5H2,1H3,(H,17,19). The Bertz CT molecular complexity index is 476. The fourth-order valence-electron chi connectivity index (χ4n) is 1.25. The maximum atomic E-state index is 12.1. The molecule has 2 atom stereocenters. The van der Waals surface area contributed by atoms with Gasteiger partial charge in [-0.05, 0) is 41.1 Å². The van der Waals surface area contributed by atoms with Crippen molar-refractivity contribution in [3.63, 3.8) is 0 Å². The number of aliphatic hydroxyl groups excluding tert-OH is 1. The Labute approximate surface area is 128 Å². The number of alkyl halides is 2. The predicted octanol–water partition coefficient (Wildman–Crippen LogP) is 2.61. The zero-order valence-electron chi connectivity index (χ0n) is 10.4. The minimum Gasteiger partial charge on any atom is -0.480 e. The van der Waals surface area contributed by atoms with Crippen molar-refractivity contribution >= 4 is 33.4 Å². The number of nitrogens with one attached hydrogen (secondary N) is 1. The lowest BCUT2D eigenvalue weighted by molar-refractivity contribution is -0.128. The second-order valence-electron chi connectivity index (χ2n) is 3.98. The first-order valence-electron chi connectivity index (χ1n) is 5.67. The van der Waals surface area contributed by atoms with E-state index in [0.29, 0.717) is 15.2 Å². The Morgan fingerprint density at radius 3 is 2.75 bits per heavy atom. The summed E-state index contributed by atoms with van der Waals surface area (Å²) in [7, 11) is 0. The van der Waals surface area contributed by atoms with E-state index in [1.165, 1.54) is 6.92 Å². The second-order valence-corrected chi connectivity index (χ2v) is 5.27. The van der Waals surface area contributed by atoms with Gasteiger partial charge in [0, 0.05) is 11.6 Å². The van der Waals surface area contributed by atoms with Gasteiger partial charge in [0.1, 0.15) is 11.9 Å². The summed E-state index contributed by atoms with van der Waals surface area (Å²) in [6.07, 6.45) is -5.71. The number of amides is 1. The van der Waals surface area contributed by atoms with Crippen molar-refractivity contribution in [2.45, 2.75) is 25.6 Å². The SMILES string of the molecule is CC(Oc1ccc(Cl)cc1Br)C(=O)NCC(O)C(F)F. The van der Waals surface area contributed by atoms with Crippen molar-refractivity contribution in [2.75, 3.05) is 6.54 Å². The molecule has 0 saturated heterocycles. The average molecular weight is 373 g/mol. The van der Waals surface area contributed by atoms with Crippen LogP contribution < -0.4 is 10.1 Å². The molecule has 0 bridgehead atoms. The number of hydrogen-bond acceptors (Lipinski definition) is 3. The van der Waals surface area contributed by atoms with Crippen molar-refractivity contribution in [3.8, 4) is 5.75 Å². The van der Waals surface area contributed by atoms with Crippen LogP contribution in [0.2, 0.25) is 5.02 Å². The highest BCUT2D eigenvalue weighted by Gasteiger charge is 2.21.